The summed E-state index contributed by atoms with van der Waals surface area (Å²) in [6, 6.07) is 1.20. The molecule has 0 bridgehead atoms. The summed E-state index contributed by atoms with van der Waals surface area (Å²) >= 11 is 0. The number of aromatic nitrogens is 2. The van der Waals surface area contributed by atoms with Gasteiger partial charge in [0.05, 0.1) is 18.3 Å². The summed E-state index contributed by atoms with van der Waals surface area (Å²) in [5.41, 5.74) is 6.58. The average molecular weight is 281 g/mol. The van der Waals surface area contributed by atoms with Crippen molar-refractivity contribution in [2.24, 2.45) is 18.7 Å². The van der Waals surface area contributed by atoms with Crippen LogP contribution in [0.2, 0.25) is 0 Å². The molecule has 4 N–H and O–H groups in total. The summed E-state index contributed by atoms with van der Waals surface area (Å²) < 4.78 is 1.60. The van der Waals surface area contributed by atoms with Gasteiger partial charge in [-0.1, -0.05) is 20.8 Å². The summed E-state index contributed by atoms with van der Waals surface area (Å²) in [6.45, 7) is 5.59. The van der Waals surface area contributed by atoms with Crippen molar-refractivity contribution in [2.75, 3.05) is 11.9 Å². The molecule has 0 fully saturated rings. The van der Waals surface area contributed by atoms with Crippen LogP contribution in [-0.4, -0.2) is 34.2 Å². The number of nitrogens with zero attached hydrogens (tertiary/aromatic N) is 2. The van der Waals surface area contributed by atoms with Gasteiger partial charge in [0.2, 0.25) is 11.8 Å². The Morgan fingerprint density at radius 2 is 2.10 bits per heavy atom. The number of amides is 2. The number of nitrogens with two attached hydrogens (primary N) is 1. The molecule has 1 rings (SSSR count). The maximum Gasteiger partial charge on any atom is 0.244 e. The fourth-order valence-corrected chi connectivity index (χ4v) is 1.59. The summed E-state index contributed by atoms with van der Waals surface area (Å²) in [7, 11) is 1.75. The zero-order valence-electron chi connectivity index (χ0n) is 12.4. The van der Waals surface area contributed by atoms with Gasteiger partial charge in [-0.15, -0.1) is 0 Å². The topological polar surface area (TPSA) is 102 Å². The lowest BCUT2D eigenvalue weighted by atomic mass is 10.1. The van der Waals surface area contributed by atoms with Gasteiger partial charge in [-0.05, 0) is 12.3 Å². The molecule has 1 atom stereocenters. The summed E-state index contributed by atoms with van der Waals surface area (Å²) in [5.74, 6) is 0.00543. The molecular formula is C13H23N5O2. The molecule has 0 saturated heterocycles. The van der Waals surface area contributed by atoms with Gasteiger partial charge in [0.1, 0.15) is 5.82 Å². The molecule has 0 saturated carbocycles. The van der Waals surface area contributed by atoms with E-state index in [2.05, 4.69) is 15.7 Å². The molecule has 0 radical (unpaired) electrons. The second kappa shape index (κ2) is 7.04. The minimum absolute atomic E-state index is 0.0299. The monoisotopic (exact) mass is 281 g/mol. The van der Waals surface area contributed by atoms with E-state index in [1.165, 1.54) is 0 Å². The predicted octanol–water partition coefficient (Wildman–Crippen LogP) is 0.0205. The predicted molar refractivity (Wildman–Crippen MR) is 77.0 cm³/mol. The third-order valence-corrected chi connectivity index (χ3v) is 3.00. The normalized spacial score (nSPS) is 12.3. The molecule has 1 aromatic heterocycles. The SMILES string of the molecule is CCc1cc(NC(=O)CNC(=O)[C@@H](N)C(C)C)n(C)n1. The minimum Gasteiger partial charge on any atom is -0.346 e. The van der Waals surface area contributed by atoms with Crippen LogP contribution in [0.3, 0.4) is 0 Å². The second-order valence-corrected chi connectivity index (χ2v) is 5.03. The lowest BCUT2D eigenvalue weighted by molar-refractivity contribution is -0.125. The number of carbonyl (C=O) groups is 2. The van der Waals surface area contributed by atoms with Crippen molar-refractivity contribution in [3.05, 3.63) is 11.8 Å². The standard InChI is InChI=1S/C13H23N5O2/c1-5-9-6-10(18(4)17-9)16-11(19)7-15-13(20)12(14)8(2)3/h6,8,12H,5,7,14H2,1-4H3,(H,15,20)(H,16,19)/t12-/m0/s1. The Morgan fingerprint density at radius 3 is 2.60 bits per heavy atom. The summed E-state index contributed by atoms with van der Waals surface area (Å²) in [6.07, 6.45) is 0.795. The van der Waals surface area contributed by atoms with Crippen molar-refractivity contribution in [3.8, 4) is 0 Å². The molecule has 1 heterocycles. The van der Waals surface area contributed by atoms with E-state index in [-0.39, 0.29) is 24.3 Å². The van der Waals surface area contributed by atoms with Gasteiger partial charge in [-0.2, -0.15) is 5.10 Å². The molecule has 2 amide bonds. The first-order chi connectivity index (χ1) is 9.35. The van der Waals surface area contributed by atoms with Crippen LogP contribution in [0, 0.1) is 5.92 Å². The van der Waals surface area contributed by atoms with Gasteiger partial charge in [0.15, 0.2) is 0 Å². The minimum atomic E-state index is -0.605. The molecule has 0 aliphatic rings. The number of nitrogens with one attached hydrogen (secondary N) is 2. The third-order valence-electron chi connectivity index (χ3n) is 3.00. The van der Waals surface area contributed by atoms with Crippen molar-refractivity contribution in [3.63, 3.8) is 0 Å². The number of aryl methyl sites for hydroxylation is 2. The Kier molecular flexibility index (Phi) is 5.69. The van der Waals surface area contributed by atoms with E-state index in [9.17, 15) is 9.59 Å². The van der Waals surface area contributed by atoms with E-state index >= 15 is 0 Å². The van der Waals surface area contributed by atoms with Crippen LogP contribution in [-0.2, 0) is 23.1 Å². The molecule has 7 nitrogen and oxygen atoms in total. The number of hydrogen-bond acceptors (Lipinski definition) is 4. The Labute approximate surface area is 118 Å². The molecular weight excluding hydrogens is 258 g/mol. The number of carbonyl (C=O) groups excluding carboxylic acids is 2. The smallest absolute Gasteiger partial charge is 0.244 e. The highest BCUT2D eigenvalue weighted by Crippen LogP contribution is 2.09. The van der Waals surface area contributed by atoms with E-state index in [4.69, 9.17) is 5.73 Å². The Balaban J connectivity index is 2.48. The number of anilines is 1. The van der Waals surface area contributed by atoms with Gasteiger partial charge in [-0.25, -0.2) is 0 Å². The lowest BCUT2D eigenvalue weighted by Gasteiger charge is -2.15. The molecule has 0 unspecified atom stereocenters. The van der Waals surface area contributed by atoms with Crippen molar-refractivity contribution >= 4 is 17.6 Å². The van der Waals surface area contributed by atoms with Crippen molar-refractivity contribution in [2.45, 2.75) is 33.2 Å². The number of rotatable bonds is 6. The summed E-state index contributed by atoms with van der Waals surface area (Å²) in [5, 5.41) is 9.44. The molecule has 1 aromatic rings. The Hall–Kier alpha value is -1.89. The molecule has 112 valence electrons. The quantitative estimate of drug-likeness (QED) is 0.684. The molecule has 20 heavy (non-hydrogen) atoms. The van der Waals surface area contributed by atoms with Crippen LogP contribution in [0.5, 0.6) is 0 Å². The average Bonchev–Trinajstić information content (AvgIpc) is 2.75. The highest BCUT2D eigenvalue weighted by atomic mass is 16.2. The van der Waals surface area contributed by atoms with Crippen LogP contribution in [0.15, 0.2) is 6.07 Å². The highest BCUT2D eigenvalue weighted by molar-refractivity contribution is 5.94. The van der Waals surface area contributed by atoms with E-state index in [1.54, 1.807) is 17.8 Å². The molecule has 0 aliphatic heterocycles. The van der Waals surface area contributed by atoms with Crippen molar-refractivity contribution in [1.82, 2.24) is 15.1 Å². The zero-order chi connectivity index (χ0) is 15.3. The zero-order valence-corrected chi connectivity index (χ0v) is 12.4. The molecule has 0 spiro atoms. The molecule has 0 aliphatic carbocycles. The fraction of sp³-hybridized carbons (Fsp3) is 0.615. The van der Waals surface area contributed by atoms with Gasteiger partial charge in [0, 0.05) is 13.1 Å². The van der Waals surface area contributed by atoms with E-state index in [1.807, 2.05) is 20.8 Å². The van der Waals surface area contributed by atoms with Crippen molar-refractivity contribution < 1.29 is 9.59 Å². The molecule has 0 aromatic carbocycles. The van der Waals surface area contributed by atoms with Crippen LogP contribution < -0.4 is 16.4 Å². The Bertz CT molecular complexity index is 481. The first-order valence-electron chi connectivity index (χ1n) is 6.71. The maximum atomic E-state index is 11.8. The second-order valence-electron chi connectivity index (χ2n) is 5.03. The fourth-order valence-electron chi connectivity index (χ4n) is 1.59. The van der Waals surface area contributed by atoms with Gasteiger partial charge >= 0.3 is 0 Å². The third kappa shape index (κ3) is 4.34. The van der Waals surface area contributed by atoms with Crippen LogP contribution in [0.1, 0.15) is 26.5 Å². The van der Waals surface area contributed by atoms with Crippen LogP contribution >= 0.6 is 0 Å². The van der Waals surface area contributed by atoms with E-state index in [0.717, 1.165) is 12.1 Å². The molecule has 7 heteroatoms. The Morgan fingerprint density at radius 1 is 1.45 bits per heavy atom. The van der Waals surface area contributed by atoms with E-state index < -0.39 is 6.04 Å². The van der Waals surface area contributed by atoms with Gasteiger partial charge in [0.25, 0.3) is 0 Å². The summed E-state index contributed by atoms with van der Waals surface area (Å²) in [4.78, 5) is 23.4. The first-order valence-corrected chi connectivity index (χ1v) is 6.71. The van der Waals surface area contributed by atoms with Crippen molar-refractivity contribution in [1.29, 1.82) is 0 Å². The maximum absolute atomic E-state index is 11.8. The lowest BCUT2D eigenvalue weighted by Crippen LogP contribution is -2.46. The van der Waals surface area contributed by atoms with Gasteiger partial charge < -0.3 is 16.4 Å². The van der Waals surface area contributed by atoms with E-state index in [0.29, 0.717) is 5.82 Å². The highest BCUT2D eigenvalue weighted by Gasteiger charge is 2.17. The largest absolute Gasteiger partial charge is 0.346 e. The number of hydrogen-bond donors (Lipinski definition) is 3. The van der Waals surface area contributed by atoms with Crippen LogP contribution in [0.4, 0.5) is 5.82 Å². The van der Waals surface area contributed by atoms with Crippen LogP contribution in [0.25, 0.3) is 0 Å². The van der Waals surface area contributed by atoms with Gasteiger partial charge in [-0.3, -0.25) is 14.3 Å². The first kappa shape index (κ1) is 16.2.